The minimum atomic E-state index is -0.186. The van der Waals surface area contributed by atoms with Crippen LogP contribution in [0.15, 0.2) is 47.2 Å². The zero-order valence-corrected chi connectivity index (χ0v) is 15.5. The second-order valence-corrected chi connectivity index (χ2v) is 8.18. The van der Waals surface area contributed by atoms with E-state index in [1.165, 1.54) is 18.4 Å². The quantitative estimate of drug-likeness (QED) is 0.841. The maximum absolute atomic E-state index is 8.21. The minimum absolute atomic E-state index is 0.186. The fraction of sp³-hybridized carbons (Fsp3) is 0.368. The molecule has 2 N–H and O–H groups in total. The standard InChI is InChI=1S/C19H21BrN4/c1-18(6-7-18)19(12-24(2)17(21)23-19)15-5-3-4-13(8-15)14-9-16(20)11-22-10-14/h3-5,8-11H,6-7,12H2,1-2H3,(H2,21,23). The van der Waals surface area contributed by atoms with Crippen molar-refractivity contribution in [3.05, 3.63) is 52.8 Å². The molecule has 2 aliphatic rings. The molecule has 2 heterocycles. The third kappa shape index (κ3) is 2.34. The van der Waals surface area contributed by atoms with Gasteiger partial charge in [0.05, 0.1) is 5.54 Å². The van der Waals surface area contributed by atoms with Gasteiger partial charge in [-0.05, 0) is 57.4 Å². The first-order valence-electron chi connectivity index (χ1n) is 8.23. The summed E-state index contributed by atoms with van der Waals surface area (Å²) in [5.41, 5.74) is 3.54. The monoisotopic (exact) mass is 384 g/mol. The van der Waals surface area contributed by atoms with Gasteiger partial charge in [0.2, 0.25) is 0 Å². The highest BCUT2D eigenvalue weighted by atomic mass is 79.9. The molecule has 1 aliphatic carbocycles. The van der Waals surface area contributed by atoms with Gasteiger partial charge in [-0.3, -0.25) is 10.4 Å². The lowest BCUT2D eigenvalue weighted by Gasteiger charge is -2.36. The molecule has 1 unspecified atom stereocenters. The van der Waals surface area contributed by atoms with E-state index in [0.717, 1.165) is 22.1 Å². The molecule has 1 aromatic heterocycles. The summed E-state index contributed by atoms with van der Waals surface area (Å²) in [6, 6.07) is 10.8. The maximum Gasteiger partial charge on any atom is 0.191 e. The first kappa shape index (κ1) is 15.6. The molecule has 1 saturated heterocycles. The Morgan fingerprint density at radius 3 is 2.62 bits per heavy atom. The Labute approximate surface area is 150 Å². The van der Waals surface area contributed by atoms with E-state index in [0.29, 0.717) is 5.96 Å². The van der Waals surface area contributed by atoms with Crippen molar-refractivity contribution < 1.29 is 0 Å². The Bertz CT molecular complexity index is 815. The van der Waals surface area contributed by atoms with Crippen molar-refractivity contribution in [3.8, 4) is 11.1 Å². The Morgan fingerprint density at radius 2 is 2.00 bits per heavy atom. The Hall–Kier alpha value is -1.88. The van der Waals surface area contributed by atoms with Gasteiger partial charge < -0.3 is 10.2 Å². The molecule has 4 rings (SSSR count). The maximum atomic E-state index is 8.21. The number of likely N-dealkylation sites (N-methyl/N-ethyl adjacent to an activating group) is 1. The topological polar surface area (TPSA) is 52.0 Å². The van der Waals surface area contributed by atoms with Gasteiger partial charge in [0.1, 0.15) is 0 Å². The normalized spacial score (nSPS) is 24.8. The van der Waals surface area contributed by atoms with Gasteiger partial charge in [-0.1, -0.05) is 25.1 Å². The number of benzene rings is 1. The third-order valence-electron chi connectivity index (χ3n) is 5.61. The van der Waals surface area contributed by atoms with E-state index in [2.05, 4.69) is 63.5 Å². The van der Waals surface area contributed by atoms with E-state index in [-0.39, 0.29) is 11.0 Å². The molecule has 24 heavy (non-hydrogen) atoms. The number of rotatable bonds is 3. The molecule has 0 spiro atoms. The molecular formula is C19H21BrN4. The van der Waals surface area contributed by atoms with Crippen molar-refractivity contribution in [2.45, 2.75) is 25.3 Å². The van der Waals surface area contributed by atoms with Crippen molar-refractivity contribution in [1.29, 1.82) is 5.41 Å². The molecule has 124 valence electrons. The van der Waals surface area contributed by atoms with E-state index >= 15 is 0 Å². The van der Waals surface area contributed by atoms with Gasteiger partial charge in [-0.15, -0.1) is 0 Å². The third-order valence-corrected chi connectivity index (χ3v) is 6.05. The molecule has 1 atom stereocenters. The van der Waals surface area contributed by atoms with Gasteiger partial charge in [0, 0.05) is 36.0 Å². The predicted octanol–water partition coefficient (Wildman–Crippen LogP) is 3.98. The molecule has 5 heteroatoms. The molecule has 2 fully saturated rings. The second-order valence-electron chi connectivity index (χ2n) is 7.27. The van der Waals surface area contributed by atoms with Crippen LogP contribution in [-0.2, 0) is 5.54 Å². The van der Waals surface area contributed by atoms with Gasteiger partial charge in [-0.25, -0.2) is 0 Å². The summed E-state index contributed by atoms with van der Waals surface area (Å²) >= 11 is 3.50. The highest BCUT2D eigenvalue weighted by Crippen LogP contribution is 2.59. The van der Waals surface area contributed by atoms with Crippen LogP contribution in [0.5, 0.6) is 0 Å². The molecule has 0 amide bonds. The number of hydrogen-bond acceptors (Lipinski definition) is 2. The van der Waals surface area contributed by atoms with Crippen LogP contribution >= 0.6 is 15.9 Å². The summed E-state index contributed by atoms with van der Waals surface area (Å²) in [7, 11) is 1.99. The fourth-order valence-corrected chi connectivity index (χ4v) is 4.14. The van der Waals surface area contributed by atoms with Crippen molar-refractivity contribution in [3.63, 3.8) is 0 Å². The summed E-state index contributed by atoms with van der Waals surface area (Å²) < 4.78 is 0.981. The van der Waals surface area contributed by atoms with E-state index in [9.17, 15) is 0 Å². The van der Waals surface area contributed by atoms with Crippen molar-refractivity contribution in [2.24, 2.45) is 5.41 Å². The average Bonchev–Trinajstić information content (AvgIpc) is 3.25. The number of aromatic nitrogens is 1. The highest BCUT2D eigenvalue weighted by Gasteiger charge is 2.60. The van der Waals surface area contributed by atoms with Crippen molar-refractivity contribution in [1.82, 2.24) is 15.2 Å². The second kappa shape index (κ2) is 5.31. The number of nitrogens with zero attached hydrogens (tertiary/aromatic N) is 2. The lowest BCUT2D eigenvalue weighted by molar-refractivity contribution is 0.237. The lowest BCUT2D eigenvalue weighted by atomic mass is 9.76. The van der Waals surface area contributed by atoms with Crippen LogP contribution in [-0.4, -0.2) is 29.4 Å². The first-order valence-corrected chi connectivity index (χ1v) is 9.02. The van der Waals surface area contributed by atoms with Gasteiger partial charge in [0.15, 0.2) is 5.96 Å². The summed E-state index contributed by atoms with van der Waals surface area (Å²) in [5, 5.41) is 11.7. The minimum Gasteiger partial charge on any atom is -0.345 e. The van der Waals surface area contributed by atoms with Crippen LogP contribution in [0.2, 0.25) is 0 Å². The zero-order chi connectivity index (χ0) is 16.9. The number of halogens is 1. The Morgan fingerprint density at radius 1 is 1.21 bits per heavy atom. The van der Waals surface area contributed by atoms with Gasteiger partial charge in [0.25, 0.3) is 0 Å². The summed E-state index contributed by atoms with van der Waals surface area (Å²) in [5.74, 6) is 0.512. The van der Waals surface area contributed by atoms with E-state index in [4.69, 9.17) is 5.41 Å². The molecular weight excluding hydrogens is 364 g/mol. The van der Waals surface area contributed by atoms with Crippen LogP contribution in [0.25, 0.3) is 11.1 Å². The van der Waals surface area contributed by atoms with Crippen LogP contribution < -0.4 is 5.32 Å². The molecule has 1 aliphatic heterocycles. The Balaban J connectivity index is 1.81. The number of guanidine groups is 1. The molecule has 0 bridgehead atoms. The predicted molar refractivity (Wildman–Crippen MR) is 99.9 cm³/mol. The van der Waals surface area contributed by atoms with Crippen LogP contribution in [0.1, 0.15) is 25.3 Å². The summed E-state index contributed by atoms with van der Waals surface area (Å²) in [6.07, 6.45) is 6.09. The molecule has 2 aromatic rings. The largest absolute Gasteiger partial charge is 0.345 e. The van der Waals surface area contributed by atoms with E-state index in [1.807, 2.05) is 18.1 Å². The SMILES string of the molecule is CN1CC(c2cccc(-c3cncc(Br)c3)c2)(C2(C)CC2)NC1=N. The van der Waals surface area contributed by atoms with Crippen molar-refractivity contribution in [2.75, 3.05) is 13.6 Å². The number of nitrogens with one attached hydrogen (secondary N) is 2. The number of pyridine rings is 1. The lowest BCUT2D eigenvalue weighted by Crippen LogP contribution is -2.47. The van der Waals surface area contributed by atoms with E-state index in [1.54, 1.807) is 6.20 Å². The summed E-state index contributed by atoms with van der Waals surface area (Å²) in [6.45, 7) is 3.17. The summed E-state index contributed by atoms with van der Waals surface area (Å²) in [4.78, 5) is 6.30. The fourth-order valence-electron chi connectivity index (χ4n) is 3.77. The average molecular weight is 385 g/mol. The molecule has 4 nitrogen and oxygen atoms in total. The van der Waals surface area contributed by atoms with Gasteiger partial charge >= 0.3 is 0 Å². The van der Waals surface area contributed by atoms with Crippen LogP contribution in [0.4, 0.5) is 0 Å². The Kier molecular flexibility index (Phi) is 3.46. The first-order chi connectivity index (χ1) is 11.4. The molecule has 0 radical (unpaired) electrons. The molecule has 1 saturated carbocycles. The van der Waals surface area contributed by atoms with E-state index < -0.39 is 0 Å². The highest BCUT2D eigenvalue weighted by molar-refractivity contribution is 9.10. The zero-order valence-electron chi connectivity index (χ0n) is 13.9. The number of hydrogen-bond donors (Lipinski definition) is 2. The van der Waals surface area contributed by atoms with Crippen LogP contribution in [0.3, 0.4) is 0 Å². The van der Waals surface area contributed by atoms with Crippen LogP contribution in [0, 0.1) is 10.8 Å². The van der Waals surface area contributed by atoms with Crippen molar-refractivity contribution >= 4 is 21.9 Å². The van der Waals surface area contributed by atoms with Gasteiger partial charge in [-0.2, -0.15) is 0 Å². The molecule has 1 aromatic carbocycles. The smallest absolute Gasteiger partial charge is 0.191 e.